The van der Waals surface area contributed by atoms with Gasteiger partial charge in [0.25, 0.3) is 5.56 Å². The highest BCUT2D eigenvalue weighted by atomic mass is 16.1. The predicted octanol–water partition coefficient (Wildman–Crippen LogP) is 1.70. The molecule has 1 atom stereocenters. The first-order chi connectivity index (χ1) is 12.1. The molecule has 1 unspecified atom stereocenters. The lowest BCUT2D eigenvalue weighted by atomic mass is 10.1. The Morgan fingerprint density at radius 1 is 1.40 bits per heavy atom. The topological polar surface area (TPSA) is 67.2 Å². The van der Waals surface area contributed by atoms with Crippen LogP contribution in [0, 0.1) is 6.92 Å². The van der Waals surface area contributed by atoms with E-state index in [1.165, 1.54) is 11.0 Å². The van der Waals surface area contributed by atoms with Crippen molar-refractivity contribution in [3.05, 3.63) is 40.4 Å². The maximum atomic E-state index is 12.5. The van der Waals surface area contributed by atoms with Gasteiger partial charge in [0.2, 0.25) is 5.91 Å². The van der Waals surface area contributed by atoms with Crippen LogP contribution in [0.25, 0.3) is 10.9 Å². The molecule has 2 aromatic rings. The average Bonchev–Trinajstić information content (AvgIpc) is 3.07. The Morgan fingerprint density at radius 3 is 3.04 bits per heavy atom. The third-order valence-corrected chi connectivity index (χ3v) is 5.08. The van der Waals surface area contributed by atoms with Crippen LogP contribution >= 0.6 is 0 Å². The lowest BCUT2D eigenvalue weighted by molar-refractivity contribution is -0.121. The largest absolute Gasteiger partial charge is 0.354 e. The number of likely N-dealkylation sites (N-methyl/N-ethyl adjacent to an activating group) is 1. The number of aryl methyl sites for hydroxylation is 2. The monoisotopic (exact) mass is 342 g/mol. The van der Waals surface area contributed by atoms with E-state index in [4.69, 9.17) is 0 Å². The number of hydrogen-bond donors (Lipinski definition) is 1. The quantitative estimate of drug-likeness (QED) is 0.868. The molecule has 1 aromatic heterocycles. The Morgan fingerprint density at radius 2 is 2.24 bits per heavy atom. The molecule has 25 heavy (non-hydrogen) atoms. The van der Waals surface area contributed by atoms with E-state index < -0.39 is 0 Å². The number of likely N-dealkylation sites (tertiary alicyclic amines) is 1. The maximum Gasteiger partial charge on any atom is 0.261 e. The number of carbonyl (C=O) groups is 1. The van der Waals surface area contributed by atoms with Crippen LogP contribution in [0.2, 0.25) is 0 Å². The molecule has 1 N–H and O–H groups in total. The molecule has 2 heterocycles. The number of nitrogens with one attached hydrogen (secondary N) is 1. The Hall–Kier alpha value is -2.21. The van der Waals surface area contributed by atoms with Crippen LogP contribution in [-0.4, -0.2) is 46.0 Å². The standard InChI is InChI=1S/C19H26N4O2/c1-3-22-10-5-7-15(22)12-20-17(24)9-11-23-13-21-18-14(2)6-4-8-16(18)19(23)25/h4,6,8,13,15H,3,5,7,9-12H2,1-2H3,(H,20,24). The molecule has 1 amide bonds. The molecule has 6 heteroatoms. The van der Waals surface area contributed by atoms with Crippen molar-refractivity contribution >= 4 is 16.8 Å². The number of rotatable bonds is 6. The number of fused-ring (bicyclic) bond motifs is 1. The second kappa shape index (κ2) is 7.78. The van der Waals surface area contributed by atoms with Crippen molar-refractivity contribution in [3.63, 3.8) is 0 Å². The third-order valence-electron chi connectivity index (χ3n) is 5.08. The summed E-state index contributed by atoms with van der Waals surface area (Å²) in [4.78, 5) is 31.4. The van der Waals surface area contributed by atoms with Crippen molar-refractivity contribution in [3.8, 4) is 0 Å². The fourth-order valence-corrected chi connectivity index (χ4v) is 3.58. The van der Waals surface area contributed by atoms with Crippen LogP contribution in [0.5, 0.6) is 0 Å². The molecule has 0 radical (unpaired) electrons. The van der Waals surface area contributed by atoms with E-state index in [0.717, 1.165) is 30.6 Å². The van der Waals surface area contributed by atoms with E-state index in [-0.39, 0.29) is 17.9 Å². The van der Waals surface area contributed by atoms with Crippen LogP contribution in [0.1, 0.15) is 31.7 Å². The van der Waals surface area contributed by atoms with E-state index >= 15 is 0 Å². The summed E-state index contributed by atoms with van der Waals surface area (Å²) in [6, 6.07) is 6.03. The van der Waals surface area contributed by atoms with Gasteiger partial charge in [-0.3, -0.25) is 19.1 Å². The van der Waals surface area contributed by atoms with Crippen molar-refractivity contribution < 1.29 is 4.79 Å². The second-order valence-electron chi connectivity index (χ2n) is 6.69. The fourth-order valence-electron chi connectivity index (χ4n) is 3.58. The Bertz CT molecular complexity index is 815. The Balaban J connectivity index is 1.58. The summed E-state index contributed by atoms with van der Waals surface area (Å²) in [6.07, 6.45) is 4.17. The fraction of sp³-hybridized carbons (Fsp3) is 0.526. The molecule has 1 aliphatic rings. The van der Waals surface area contributed by atoms with Gasteiger partial charge in [0.15, 0.2) is 0 Å². The highest BCUT2D eigenvalue weighted by Crippen LogP contribution is 2.15. The minimum absolute atomic E-state index is 0.0146. The molecule has 1 aliphatic heterocycles. The van der Waals surface area contributed by atoms with E-state index in [9.17, 15) is 9.59 Å². The summed E-state index contributed by atoms with van der Waals surface area (Å²) in [5.41, 5.74) is 1.63. The van der Waals surface area contributed by atoms with Gasteiger partial charge in [-0.1, -0.05) is 19.1 Å². The molecule has 3 rings (SSSR count). The van der Waals surface area contributed by atoms with Gasteiger partial charge in [-0.25, -0.2) is 4.98 Å². The number of aromatic nitrogens is 2. The van der Waals surface area contributed by atoms with Crippen molar-refractivity contribution in [2.24, 2.45) is 0 Å². The molecule has 0 bridgehead atoms. The van der Waals surface area contributed by atoms with Gasteiger partial charge < -0.3 is 5.32 Å². The molecule has 0 saturated carbocycles. The molecule has 134 valence electrons. The van der Waals surface area contributed by atoms with Gasteiger partial charge in [-0.05, 0) is 44.5 Å². The number of benzene rings is 1. The van der Waals surface area contributed by atoms with Gasteiger partial charge in [-0.15, -0.1) is 0 Å². The minimum atomic E-state index is -0.0885. The van der Waals surface area contributed by atoms with Crippen LogP contribution in [0.4, 0.5) is 0 Å². The molecular formula is C19H26N4O2. The number of nitrogens with zero attached hydrogens (tertiary/aromatic N) is 3. The van der Waals surface area contributed by atoms with E-state index in [1.54, 1.807) is 12.4 Å². The molecule has 1 fully saturated rings. The van der Waals surface area contributed by atoms with Gasteiger partial charge in [0.05, 0.1) is 17.2 Å². The molecule has 1 saturated heterocycles. The molecule has 1 aromatic carbocycles. The lowest BCUT2D eigenvalue weighted by Gasteiger charge is -2.22. The smallest absolute Gasteiger partial charge is 0.261 e. The van der Waals surface area contributed by atoms with Crippen LogP contribution < -0.4 is 10.9 Å². The van der Waals surface area contributed by atoms with Gasteiger partial charge in [0.1, 0.15) is 0 Å². The first kappa shape index (κ1) is 17.6. The van der Waals surface area contributed by atoms with Gasteiger partial charge in [0, 0.05) is 25.6 Å². The van der Waals surface area contributed by atoms with Gasteiger partial charge >= 0.3 is 0 Å². The SMILES string of the molecule is CCN1CCCC1CNC(=O)CCn1cnc2c(C)cccc2c1=O. The Kier molecular flexibility index (Phi) is 5.48. The first-order valence-corrected chi connectivity index (χ1v) is 9.05. The van der Waals surface area contributed by atoms with Crippen molar-refractivity contribution in [1.82, 2.24) is 19.8 Å². The van der Waals surface area contributed by atoms with Crippen molar-refractivity contribution in [1.29, 1.82) is 0 Å². The normalized spacial score (nSPS) is 17.9. The average molecular weight is 342 g/mol. The summed E-state index contributed by atoms with van der Waals surface area (Å²) < 4.78 is 1.52. The zero-order valence-corrected chi connectivity index (χ0v) is 15.0. The number of amides is 1. The minimum Gasteiger partial charge on any atom is -0.354 e. The van der Waals surface area contributed by atoms with Crippen molar-refractivity contribution in [2.75, 3.05) is 19.6 Å². The predicted molar refractivity (Wildman–Crippen MR) is 98.6 cm³/mol. The zero-order valence-electron chi connectivity index (χ0n) is 15.0. The molecule has 0 aliphatic carbocycles. The lowest BCUT2D eigenvalue weighted by Crippen LogP contribution is -2.40. The zero-order chi connectivity index (χ0) is 17.8. The highest BCUT2D eigenvalue weighted by molar-refractivity contribution is 5.80. The Labute approximate surface area is 147 Å². The van der Waals surface area contributed by atoms with E-state index in [1.807, 2.05) is 19.1 Å². The summed E-state index contributed by atoms with van der Waals surface area (Å²) in [6.45, 7) is 7.28. The van der Waals surface area contributed by atoms with E-state index in [2.05, 4.69) is 22.1 Å². The van der Waals surface area contributed by atoms with Crippen molar-refractivity contribution in [2.45, 2.75) is 45.7 Å². The number of hydrogen-bond acceptors (Lipinski definition) is 4. The van der Waals surface area contributed by atoms with Crippen LogP contribution in [-0.2, 0) is 11.3 Å². The van der Waals surface area contributed by atoms with E-state index in [0.29, 0.717) is 24.5 Å². The third kappa shape index (κ3) is 3.90. The number of carbonyl (C=O) groups excluding carboxylic acids is 1. The molecule has 0 spiro atoms. The van der Waals surface area contributed by atoms with Gasteiger partial charge in [-0.2, -0.15) is 0 Å². The summed E-state index contributed by atoms with van der Waals surface area (Å²) >= 11 is 0. The first-order valence-electron chi connectivity index (χ1n) is 9.05. The second-order valence-corrected chi connectivity index (χ2v) is 6.69. The van der Waals surface area contributed by atoms with Crippen LogP contribution in [0.3, 0.4) is 0 Å². The summed E-state index contributed by atoms with van der Waals surface area (Å²) in [5, 5.41) is 3.61. The summed E-state index contributed by atoms with van der Waals surface area (Å²) in [5.74, 6) is -0.0146. The van der Waals surface area contributed by atoms with Crippen LogP contribution in [0.15, 0.2) is 29.3 Å². The molecule has 6 nitrogen and oxygen atoms in total. The number of para-hydroxylation sites is 1. The molecular weight excluding hydrogens is 316 g/mol. The summed E-state index contributed by atoms with van der Waals surface area (Å²) in [7, 11) is 0. The highest BCUT2D eigenvalue weighted by Gasteiger charge is 2.23. The maximum absolute atomic E-state index is 12.5.